The highest BCUT2D eigenvalue weighted by atomic mass is 16.4. The van der Waals surface area contributed by atoms with Gasteiger partial charge in [0.15, 0.2) is 0 Å². The van der Waals surface area contributed by atoms with Crippen molar-refractivity contribution >= 4 is 29.3 Å². The van der Waals surface area contributed by atoms with Crippen LogP contribution in [0.1, 0.15) is 49.8 Å². The lowest BCUT2D eigenvalue weighted by atomic mass is 9.89. The Morgan fingerprint density at radius 3 is 2.42 bits per heavy atom. The molecule has 3 rings (SSSR count). The molecule has 0 spiro atoms. The standard InChI is InChI=1S/C25H30N4O4/c1-2-20(25(32)33)22(16-7-4-3-5-8-16)28-21(30)15-18-9-6-14-29(24(18)31)19-12-10-17(11-13-19)23(26)27/h3-5,7-8,10-13,18,20,22H,2,6,9,14-15H2,1H3,(H3,26,27)(H,28,30)(H,32,33)/t18?,20?,22-/m1/s1. The number of rotatable bonds is 9. The first kappa shape index (κ1) is 24.0. The Bertz CT molecular complexity index is 1010. The minimum Gasteiger partial charge on any atom is -0.481 e. The van der Waals surface area contributed by atoms with Crippen molar-refractivity contribution in [2.45, 2.75) is 38.6 Å². The number of carbonyl (C=O) groups is 3. The van der Waals surface area contributed by atoms with Gasteiger partial charge in [-0.25, -0.2) is 0 Å². The Hall–Kier alpha value is -3.68. The zero-order valence-corrected chi connectivity index (χ0v) is 18.7. The molecule has 174 valence electrons. The van der Waals surface area contributed by atoms with Gasteiger partial charge in [-0.3, -0.25) is 19.8 Å². The smallest absolute Gasteiger partial charge is 0.308 e. The van der Waals surface area contributed by atoms with E-state index in [1.54, 1.807) is 48.2 Å². The summed E-state index contributed by atoms with van der Waals surface area (Å²) < 4.78 is 0. The van der Waals surface area contributed by atoms with Crippen LogP contribution in [0.3, 0.4) is 0 Å². The molecule has 33 heavy (non-hydrogen) atoms. The van der Waals surface area contributed by atoms with Crippen molar-refractivity contribution in [1.29, 1.82) is 5.41 Å². The normalized spacial score (nSPS) is 17.8. The highest BCUT2D eigenvalue weighted by Gasteiger charge is 2.34. The zero-order valence-electron chi connectivity index (χ0n) is 18.7. The predicted molar refractivity (Wildman–Crippen MR) is 126 cm³/mol. The van der Waals surface area contributed by atoms with Crippen LogP contribution < -0.4 is 16.0 Å². The third kappa shape index (κ3) is 5.77. The molecular formula is C25H30N4O4. The fourth-order valence-corrected chi connectivity index (χ4v) is 4.30. The number of amidine groups is 1. The number of nitrogens with zero attached hydrogens (tertiary/aromatic N) is 1. The number of anilines is 1. The highest BCUT2D eigenvalue weighted by molar-refractivity contribution is 5.99. The highest BCUT2D eigenvalue weighted by Crippen LogP contribution is 2.29. The van der Waals surface area contributed by atoms with Crippen LogP contribution in [-0.2, 0) is 14.4 Å². The summed E-state index contributed by atoms with van der Waals surface area (Å²) in [4.78, 5) is 39.5. The number of hydrogen-bond acceptors (Lipinski definition) is 4. The maximum atomic E-state index is 13.1. The van der Waals surface area contributed by atoms with Crippen LogP contribution in [0.2, 0.25) is 0 Å². The van der Waals surface area contributed by atoms with E-state index in [1.807, 2.05) is 18.2 Å². The van der Waals surface area contributed by atoms with Crippen LogP contribution >= 0.6 is 0 Å². The van der Waals surface area contributed by atoms with Crippen LogP contribution in [0.15, 0.2) is 54.6 Å². The monoisotopic (exact) mass is 450 g/mol. The molecule has 0 bridgehead atoms. The molecule has 0 radical (unpaired) electrons. The molecule has 2 amide bonds. The van der Waals surface area contributed by atoms with Crippen LogP contribution in [0.5, 0.6) is 0 Å². The van der Waals surface area contributed by atoms with Crippen molar-refractivity contribution in [3.8, 4) is 0 Å². The van der Waals surface area contributed by atoms with E-state index in [1.165, 1.54) is 0 Å². The molecule has 0 aliphatic carbocycles. The molecule has 1 heterocycles. The number of benzene rings is 2. The van der Waals surface area contributed by atoms with Gasteiger partial charge in [0.05, 0.1) is 12.0 Å². The number of piperidine rings is 1. The van der Waals surface area contributed by atoms with Gasteiger partial charge in [0, 0.05) is 30.1 Å². The van der Waals surface area contributed by atoms with Crippen molar-refractivity contribution in [1.82, 2.24) is 5.32 Å². The number of carbonyl (C=O) groups excluding carboxylic acids is 2. The second-order valence-electron chi connectivity index (χ2n) is 8.30. The third-order valence-corrected chi connectivity index (χ3v) is 6.11. The molecule has 8 nitrogen and oxygen atoms in total. The van der Waals surface area contributed by atoms with E-state index in [2.05, 4.69) is 5.32 Å². The lowest BCUT2D eigenvalue weighted by Crippen LogP contribution is -2.44. The maximum absolute atomic E-state index is 13.1. The lowest BCUT2D eigenvalue weighted by molar-refractivity contribution is -0.143. The van der Waals surface area contributed by atoms with E-state index in [9.17, 15) is 19.5 Å². The summed E-state index contributed by atoms with van der Waals surface area (Å²) in [5.74, 6) is -2.73. The van der Waals surface area contributed by atoms with Crippen LogP contribution in [0, 0.1) is 17.2 Å². The number of carboxylic acid groups (broad SMARTS) is 1. The van der Waals surface area contributed by atoms with Gasteiger partial charge in [-0.2, -0.15) is 0 Å². The van der Waals surface area contributed by atoms with Gasteiger partial charge in [0.1, 0.15) is 5.84 Å². The average molecular weight is 451 g/mol. The molecule has 1 aliphatic rings. The summed E-state index contributed by atoms with van der Waals surface area (Å²) in [6.45, 7) is 2.33. The summed E-state index contributed by atoms with van der Waals surface area (Å²) in [5, 5.41) is 20.0. The van der Waals surface area contributed by atoms with E-state index in [4.69, 9.17) is 11.1 Å². The van der Waals surface area contributed by atoms with Gasteiger partial charge in [-0.05, 0) is 49.1 Å². The lowest BCUT2D eigenvalue weighted by Gasteiger charge is -2.33. The summed E-state index contributed by atoms with van der Waals surface area (Å²) >= 11 is 0. The Labute approximate surface area is 193 Å². The zero-order chi connectivity index (χ0) is 24.0. The number of nitrogens with one attached hydrogen (secondary N) is 2. The first-order chi connectivity index (χ1) is 15.8. The number of amides is 2. The number of nitrogens with two attached hydrogens (primary N) is 1. The van der Waals surface area contributed by atoms with Gasteiger partial charge in [-0.15, -0.1) is 0 Å². The van der Waals surface area contributed by atoms with E-state index < -0.39 is 23.8 Å². The van der Waals surface area contributed by atoms with E-state index in [-0.39, 0.29) is 24.1 Å². The quantitative estimate of drug-likeness (QED) is 0.344. The van der Waals surface area contributed by atoms with E-state index in [0.717, 1.165) is 12.0 Å². The number of hydrogen-bond donors (Lipinski definition) is 4. The van der Waals surface area contributed by atoms with Crippen LogP contribution in [-0.4, -0.2) is 35.3 Å². The number of aliphatic carboxylic acids is 1. The van der Waals surface area contributed by atoms with Crippen LogP contribution in [0.25, 0.3) is 0 Å². The van der Waals surface area contributed by atoms with Crippen molar-refractivity contribution < 1.29 is 19.5 Å². The molecule has 8 heteroatoms. The number of nitrogen functional groups attached to an aromatic ring is 1. The first-order valence-corrected chi connectivity index (χ1v) is 11.1. The molecule has 0 aromatic heterocycles. The summed E-state index contributed by atoms with van der Waals surface area (Å²) in [6, 6.07) is 15.3. The summed E-state index contributed by atoms with van der Waals surface area (Å²) in [6.07, 6.45) is 1.72. The van der Waals surface area contributed by atoms with E-state index in [0.29, 0.717) is 30.6 Å². The maximum Gasteiger partial charge on any atom is 0.308 e. The Balaban J connectivity index is 1.71. The topological polar surface area (TPSA) is 137 Å². The minimum atomic E-state index is -0.972. The Kier molecular flexibility index (Phi) is 7.82. The molecule has 3 atom stereocenters. The van der Waals surface area contributed by atoms with Crippen molar-refractivity contribution in [3.63, 3.8) is 0 Å². The molecule has 0 saturated carbocycles. The fraction of sp³-hybridized carbons (Fsp3) is 0.360. The van der Waals surface area contributed by atoms with Crippen molar-refractivity contribution in [2.24, 2.45) is 17.6 Å². The Morgan fingerprint density at radius 1 is 1.18 bits per heavy atom. The van der Waals surface area contributed by atoms with Gasteiger partial charge >= 0.3 is 5.97 Å². The first-order valence-electron chi connectivity index (χ1n) is 11.1. The third-order valence-electron chi connectivity index (χ3n) is 6.11. The molecule has 2 unspecified atom stereocenters. The molecule has 2 aromatic rings. The number of carboxylic acids is 1. The molecule has 1 fully saturated rings. The van der Waals surface area contributed by atoms with Gasteiger partial charge in [0.25, 0.3) is 0 Å². The summed E-state index contributed by atoms with van der Waals surface area (Å²) in [7, 11) is 0. The average Bonchev–Trinajstić information content (AvgIpc) is 2.80. The second-order valence-corrected chi connectivity index (χ2v) is 8.30. The molecule has 1 saturated heterocycles. The Morgan fingerprint density at radius 2 is 1.85 bits per heavy atom. The molecule has 5 N–H and O–H groups in total. The predicted octanol–water partition coefficient (Wildman–Crippen LogP) is 3.07. The minimum absolute atomic E-state index is 0.000248. The van der Waals surface area contributed by atoms with Gasteiger partial charge in [-0.1, -0.05) is 37.3 Å². The summed E-state index contributed by atoms with van der Waals surface area (Å²) in [5.41, 5.74) is 7.51. The van der Waals surface area contributed by atoms with Gasteiger partial charge < -0.3 is 21.1 Å². The molecule has 1 aliphatic heterocycles. The largest absolute Gasteiger partial charge is 0.481 e. The SMILES string of the molecule is CCC(C(=O)O)[C@H](NC(=O)CC1CCCN(c2ccc(C(=N)N)cc2)C1=O)c1ccccc1. The second kappa shape index (κ2) is 10.8. The molecular weight excluding hydrogens is 420 g/mol. The van der Waals surface area contributed by atoms with Crippen molar-refractivity contribution in [2.75, 3.05) is 11.4 Å². The van der Waals surface area contributed by atoms with Gasteiger partial charge in [0.2, 0.25) is 11.8 Å². The van der Waals surface area contributed by atoms with E-state index >= 15 is 0 Å². The fourth-order valence-electron chi connectivity index (χ4n) is 4.30. The molecule has 2 aromatic carbocycles. The van der Waals surface area contributed by atoms with Crippen molar-refractivity contribution in [3.05, 3.63) is 65.7 Å². The van der Waals surface area contributed by atoms with Crippen LogP contribution in [0.4, 0.5) is 5.69 Å².